The van der Waals surface area contributed by atoms with Crippen LogP contribution in [0, 0.1) is 40.4 Å². The highest BCUT2D eigenvalue weighted by molar-refractivity contribution is 6.32. The number of esters is 1. The van der Waals surface area contributed by atoms with E-state index in [1.54, 1.807) is 40.7 Å². The third-order valence-electron chi connectivity index (χ3n) is 12.8. The van der Waals surface area contributed by atoms with Crippen LogP contribution in [0.2, 0.25) is 0 Å². The van der Waals surface area contributed by atoms with Gasteiger partial charge in [-0.25, -0.2) is 0 Å². The number of phenols is 1. The first-order valence-corrected chi connectivity index (χ1v) is 19.5. The molecule has 3 aliphatic carbocycles. The minimum atomic E-state index is -2.75. The minimum Gasteiger partial charge on any atom is -0.507 e. The van der Waals surface area contributed by atoms with Crippen molar-refractivity contribution in [3.8, 4) is 16.9 Å². The van der Waals surface area contributed by atoms with Crippen LogP contribution < -0.4 is 0 Å². The number of aromatic hydroxyl groups is 1. The molecule has 9 nitrogen and oxygen atoms in total. The van der Waals surface area contributed by atoms with Crippen molar-refractivity contribution in [2.24, 2.45) is 40.4 Å². The number of ether oxygens (including phenoxy) is 1. The monoisotopic (exact) mass is 748 g/mol. The van der Waals surface area contributed by atoms with Crippen molar-refractivity contribution in [3.05, 3.63) is 88.5 Å². The maximum Gasteiger partial charge on any atom is 0.309 e. The maximum atomic E-state index is 14.7. The average molecular weight is 749 g/mol. The van der Waals surface area contributed by atoms with Crippen molar-refractivity contribution in [2.45, 2.75) is 92.6 Å². The standard InChI is InChI=1S/C46H52O9/c1-8-29-17-15-28(16-18-30(43(53)55-9-2)21-27-13-11-10-12-14-27)22-32(29)31-19-20-34(48)36-33(31)23-44(6)24-45(7)37(25(3)4)39(49)35(26(5)47)41(51)46(45,54)42(52)38(44)40(36)50/h10-15,17,19-20,22,25,30,35,37-38,48,54H,8-9,16,18,21,23-24H2,1-7H3/t30?,35?,37?,38?,44-,45-,46+/m1/s1. The zero-order valence-corrected chi connectivity index (χ0v) is 32.9. The normalized spacial score (nSPS) is 28.0. The molecule has 4 unspecified atom stereocenters. The van der Waals surface area contributed by atoms with Gasteiger partial charge in [0.2, 0.25) is 0 Å². The summed E-state index contributed by atoms with van der Waals surface area (Å²) in [5, 5.41) is 23.6. The molecule has 3 aliphatic rings. The predicted octanol–water partition coefficient (Wildman–Crippen LogP) is 6.68. The highest BCUT2D eigenvalue weighted by Gasteiger charge is 2.76. The first-order valence-electron chi connectivity index (χ1n) is 19.5. The maximum absolute atomic E-state index is 14.7. The number of hydrogen-bond acceptors (Lipinski definition) is 9. The molecule has 0 aliphatic heterocycles. The van der Waals surface area contributed by atoms with E-state index >= 15 is 0 Å². The summed E-state index contributed by atoms with van der Waals surface area (Å²) in [6, 6.07) is 19.2. The Bertz CT molecular complexity index is 2080. The summed E-state index contributed by atoms with van der Waals surface area (Å²) >= 11 is 0. The van der Waals surface area contributed by atoms with Crippen molar-refractivity contribution in [1.82, 2.24) is 0 Å². The molecule has 9 heteroatoms. The number of benzene rings is 3. The molecule has 2 fully saturated rings. The Balaban J connectivity index is 1.42. The topological polar surface area (TPSA) is 152 Å². The number of aliphatic hydroxyl groups is 1. The molecule has 2 saturated carbocycles. The molecule has 7 atom stereocenters. The lowest BCUT2D eigenvalue weighted by Gasteiger charge is -2.61. The summed E-state index contributed by atoms with van der Waals surface area (Å²) in [6.45, 7) is 12.1. The van der Waals surface area contributed by atoms with E-state index in [0.717, 1.165) is 34.7 Å². The Morgan fingerprint density at radius 1 is 0.909 bits per heavy atom. The number of fused-ring (bicyclic) bond motifs is 3. The zero-order valence-electron chi connectivity index (χ0n) is 32.9. The molecule has 3 aromatic carbocycles. The molecule has 3 aromatic rings. The van der Waals surface area contributed by atoms with E-state index in [4.69, 9.17) is 4.74 Å². The summed E-state index contributed by atoms with van der Waals surface area (Å²) in [6.07, 6.45) is 2.47. The quantitative estimate of drug-likeness (QED) is 0.162. The lowest BCUT2D eigenvalue weighted by molar-refractivity contribution is -0.205. The van der Waals surface area contributed by atoms with Gasteiger partial charge >= 0.3 is 5.97 Å². The van der Waals surface area contributed by atoms with Crippen molar-refractivity contribution >= 4 is 34.9 Å². The van der Waals surface area contributed by atoms with Crippen LogP contribution in [0.25, 0.3) is 11.1 Å². The third-order valence-corrected chi connectivity index (χ3v) is 12.8. The molecule has 0 radical (unpaired) electrons. The lowest BCUT2D eigenvalue weighted by atomic mass is 9.40. The molecular weight excluding hydrogens is 696 g/mol. The van der Waals surface area contributed by atoms with E-state index in [1.165, 1.54) is 6.07 Å². The molecule has 2 N–H and O–H groups in total. The van der Waals surface area contributed by atoms with Crippen LogP contribution in [0.15, 0.2) is 60.7 Å². The molecule has 0 spiro atoms. The Morgan fingerprint density at radius 2 is 1.60 bits per heavy atom. The number of phenolic OH excluding ortho intramolecular Hbond substituents is 1. The van der Waals surface area contributed by atoms with E-state index in [0.29, 0.717) is 31.2 Å². The number of aryl methyl sites for hydroxylation is 2. The summed E-state index contributed by atoms with van der Waals surface area (Å²) in [5.41, 5.74) is -0.350. The van der Waals surface area contributed by atoms with Gasteiger partial charge in [-0.1, -0.05) is 89.2 Å². The van der Waals surface area contributed by atoms with Crippen LogP contribution >= 0.6 is 0 Å². The Kier molecular flexibility index (Phi) is 10.7. The van der Waals surface area contributed by atoms with Gasteiger partial charge in [0.15, 0.2) is 28.7 Å². The SMILES string of the molecule is CCOC(=O)C(CCc1ccc(CC)c(-c2ccc(O)c3c2C[C@]2(C)C[C@]4(C)C(C(C)C)C(=O)C(C(C)=O)C(=O)[C@]4(O)C(=O)C2C3=O)c1)Cc1ccccc1. The first kappa shape index (κ1) is 39.9. The Morgan fingerprint density at radius 3 is 2.22 bits per heavy atom. The number of Topliss-reactive ketones (excluding diaryl/α,β-unsaturated/α-hetero) is 5. The summed E-state index contributed by atoms with van der Waals surface area (Å²) in [7, 11) is 0. The van der Waals surface area contributed by atoms with Gasteiger partial charge in [-0.3, -0.25) is 28.8 Å². The molecule has 0 heterocycles. The van der Waals surface area contributed by atoms with E-state index in [9.17, 15) is 39.0 Å². The highest BCUT2D eigenvalue weighted by atomic mass is 16.5. The smallest absolute Gasteiger partial charge is 0.309 e. The van der Waals surface area contributed by atoms with Gasteiger partial charge in [-0.2, -0.15) is 0 Å². The molecule has 0 bridgehead atoms. The fourth-order valence-electron chi connectivity index (χ4n) is 10.5. The predicted molar refractivity (Wildman–Crippen MR) is 206 cm³/mol. The van der Waals surface area contributed by atoms with Gasteiger partial charge in [0.25, 0.3) is 0 Å². The van der Waals surface area contributed by atoms with E-state index in [-0.39, 0.29) is 42.6 Å². The summed E-state index contributed by atoms with van der Waals surface area (Å²) < 4.78 is 5.44. The first-order chi connectivity index (χ1) is 25.9. The molecule has 55 heavy (non-hydrogen) atoms. The number of hydrogen-bond donors (Lipinski definition) is 2. The molecule has 0 aromatic heterocycles. The molecule has 0 amide bonds. The number of ketones is 5. The van der Waals surface area contributed by atoms with E-state index in [2.05, 4.69) is 6.07 Å². The van der Waals surface area contributed by atoms with E-state index < -0.39 is 69.0 Å². The highest BCUT2D eigenvalue weighted by Crippen LogP contribution is 2.64. The molecule has 290 valence electrons. The van der Waals surface area contributed by atoms with Crippen LogP contribution in [-0.4, -0.2) is 57.3 Å². The van der Waals surface area contributed by atoms with Gasteiger partial charge in [0.05, 0.1) is 24.0 Å². The van der Waals surface area contributed by atoms with Crippen LogP contribution in [0.5, 0.6) is 5.75 Å². The second-order valence-electron chi connectivity index (χ2n) is 16.8. The van der Waals surface area contributed by atoms with Gasteiger partial charge in [0.1, 0.15) is 17.5 Å². The molecular formula is C46H52O9. The Hall–Kier alpha value is -4.76. The molecule has 6 rings (SSSR count). The third kappa shape index (κ3) is 6.38. The van der Waals surface area contributed by atoms with Gasteiger partial charge in [-0.15, -0.1) is 0 Å². The fourth-order valence-corrected chi connectivity index (χ4v) is 10.5. The largest absolute Gasteiger partial charge is 0.507 e. The average Bonchev–Trinajstić information content (AvgIpc) is 3.11. The second kappa shape index (κ2) is 14.7. The van der Waals surface area contributed by atoms with Crippen LogP contribution in [0.4, 0.5) is 0 Å². The summed E-state index contributed by atoms with van der Waals surface area (Å²) in [4.78, 5) is 83.1. The van der Waals surface area contributed by atoms with Crippen LogP contribution in [-0.2, 0) is 54.4 Å². The van der Waals surface area contributed by atoms with Crippen molar-refractivity contribution < 1.29 is 43.7 Å². The van der Waals surface area contributed by atoms with Crippen molar-refractivity contribution in [3.63, 3.8) is 0 Å². The van der Waals surface area contributed by atoms with E-state index in [1.807, 2.05) is 49.4 Å². The molecule has 0 saturated heterocycles. The fraction of sp³-hybridized carbons (Fsp3) is 0.478. The van der Waals surface area contributed by atoms with Crippen molar-refractivity contribution in [2.75, 3.05) is 6.61 Å². The number of carbonyl (C=O) groups is 6. The Labute approximate surface area is 322 Å². The number of rotatable bonds is 11. The second-order valence-corrected chi connectivity index (χ2v) is 16.8. The minimum absolute atomic E-state index is 0.0184. The zero-order chi connectivity index (χ0) is 40.2. The van der Waals surface area contributed by atoms with Gasteiger partial charge in [-0.05, 0) is 103 Å². The lowest BCUT2D eigenvalue weighted by Crippen LogP contribution is -2.76. The van der Waals surface area contributed by atoms with Crippen molar-refractivity contribution in [1.29, 1.82) is 0 Å². The van der Waals surface area contributed by atoms with Gasteiger partial charge < -0.3 is 14.9 Å². The summed E-state index contributed by atoms with van der Waals surface area (Å²) in [5.74, 6) is -9.84. The van der Waals surface area contributed by atoms with Crippen LogP contribution in [0.1, 0.15) is 93.9 Å². The van der Waals surface area contributed by atoms with Gasteiger partial charge in [0, 0.05) is 11.3 Å². The number of carbonyl (C=O) groups excluding carboxylic acids is 6. The van der Waals surface area contributed by atoms with Crippen LogP contribution in [0.3, 0.4) is 0 Å².